The van der Waals surface area contributed by atoms with Gasteiger partial charge in [-0.2, -0.15) is 0 Å². The molecule has 0 fully saturated rings. The summed E-state index contributed by atoms with van der Waals surface area (Å²) in [5.74, 6) is -1.07. The van der Waals surface area contributed by atoms with Crippen molar-refractivity contribution in [3.8, 4) is 5.75 Å². The van der Waals surface area contributed by atoms with Crippen LogP contribution in [0.25, 0.3) is 0 Å². The van der Waals surface area contributed by atoms with Crippen molar-refractivity contribution >= 4 is 11.9 Å². The molecule has 1 heterocycles. The second-order valence-corrected chi connectivity index (χ2v) is 6.35. The van der Waals surface area contributed by atoms with Crippen LogP contribution >= 0.6 is 0 Å². The molecule has 1 aliphatic rings. The highest BCUT2D eigenvalue weighted by molar-refractivity contribution is 5.94. The van der Waals surface area contributed by atoms with E-state index in [0.29, 0.717) is 13.1 Å². The van der Waals surface area contributed by atoms with Gasteiger partial charge in [0.1, 0.15) is 11.3 Å². The quantitative estimate of drug-likeness (QED) is 0.873. The number of carbonyl (C=O) groups is 2. The highest BCUT2D eigenvalue weighted by atomic mass is 16.5. The number of phenolic OH excluding ortho intramolecular Hbond substituents is 1. The smallest absolute Gasteiger partial charge is 0.342 e. The first-order valence-electron chi connectivity index (χ1n) is 8.32. The molecule has 1 atom stereocenters. The van der Waals surface area contributed by atoms with Gasteiger partial charge in [-0.25, -0.2) is 4.79 Å². The summed E-state index contributed by atoms with van der Waals surface area (Å²) in [7, 11) is 0. The maximum Gasteiger partial charge on any atom is 0.342 e. The molecule has 2 aromatic rings. The first kappa shape index (κ1) is 17.0. The molecule has 0 saturated heterocycles. The van der Waals surface area contributed by atoms with Crippen LogP contribution in [0, 0.1) is 6.92 Å². The SMILES string of the molecule is Cc1ccc(C(=O)O[C@@H](C)C(=O)N2CCc3ccccc3C2)c(O)c1. The molecular weight excluding hydrogens is 318 g/mol. The fraction of sp³-hybridized carbons (Fsp3) is 0.300. The summed E-state index contributed by atoms with van der Waals surface area (Å²) >= 11 is 0. The Morgan fingerprint density at radius 2 is 1.88 bits per heavy atom. The summed E-state index contributed by atoms with van der Waals surface area (Å²) in [4.78, 5) is 26.5. The van der Waals surface area contributed by atoms with Crippen molar-refractivity contribution in [1.29, 1.82) is 0 Å². The predicted molar refractivity (Wildman–Crippen MR) is 93.3 cm³/mol. The minimum atomic E-state index is -0.904. The number of rotatable bonds is 3. The van der Waals surface area contributed by atoms with Crippen molar-refractivity contribution in [1.82, 2.24) is 4.90 Å². The van der Waals surface area contributed by atoms with E-state index < -0.39 is 12.1 Å². The molecule has 1 amide bonds. The van der Waals surface area contributed by atoms with Crippen LogP contribution in [-0.2, 0) is 22.5 Å². The number of phenols is 1. The zero-order valence-electron chi connectivity index (χ0n) is 14.4. The highest BCUT2D eigenvalue weighted by Crippen LogP contribution is 2.22. The van der Waals surface area contributed by atoms with Crippen molar-refractivity contribution in [2.45, 2.75) is 32.9 Å². The summed E-state index contributed by atoms with van der Waals surface area (Å²) in [5.41, 5.74) is 3.27. The molecule has 25 heavy (non-hydrogen) atoms. The molecule has 3 rings (SSSR count). The van der Waals surface area contributed by atoms with Gasteiger partial charge in [-0.1, -0.05) is 30.3 Å². The van der Waals surface area contributed by atoms with E-state index in [2.05, 4.69) is 6.07 Å². The van der Waals surface area contributed by atoms with Gasteiger partial charge in [0.05, 0.1) is 0 Å². The van der Waals surface area contributed by atoms with Gasteiger partial charge in [0, 0.05) is 13.1 Å². The van der Waals surface area contributed by atoms with E-state index in [1.807, 2.05) is 25.1 Å². The Morgan fingerprint density at radius 1 is 1.16 bits per heavy atom. The molecule has 0 saturated carbocycles. The molecule has 5 heteroatoms. The van der Waals surface area contributed by atoms with Gasteiger partial charge in [0.2, 0.25) is 0 Å². The second kappa shape index (κ2) is 6.97. The number of esters is 1. The number of fused-ring (bicyclic) bond motifs is 1. The monoisotopic (exact) mass is 339 g/mol. The van der Waals surface area contributed by atoms with Gasteiger partial charge in [-0.15, -0.1) is 0 Å². The minimum absolute atomic E-state index is 0.0641. The number of ether oxygens (including phenoxy) is 1. The van der Waals surface area contributed by atoms with Crippen LogP contribution in [0.3, 0.4) is 0 Å². The summed E-state index contributed by atoms with van der Waals surface area (Å²) < 4.78 is 5.27. The van der Waals surface area contributed by atoms with Crippen LogP contribution in [0.2, 0.25) is 0 Å². The molecule has 0 aliphatic carbocycles. The van der Waals surface area contributed by atoms with E-state index in [-0.39, 0.29) is 17.2 Å². The van der Waals surface area contributed by atoms with Gasteiger partial charge in [0.15, 0.2) is 6.10 Å². The first-order valence-corrected chi connectivity index (χ1v) is 8.32. The lowest BCUT2D eigenvalue weighted by Crippen LogP contribution is -2.42. The molecule has 1 N–H and O–H groups in total. The Kier molecular flexibility index (Phi) is 4.74. The van der Waals surface area contributed by atoms with Crippen molar-refractivity contribution in [2.75, 3.05) is 6.54 Å². The molecule has 0 aromatic heterocycles. The summed E-state index contributed by atoms with van der Waals surface area (Å²) in [6.07, 6.45) is -0.111. The number of nitrogens with zero attached hydrogens (tertiary/aromatic N) is 1. The van der Waals surface area contributed by atoms with Crippen LogP contribution in [-0.4, -0.2) is 34.5 Å². The van der Waals surface area contributed by atoms with Crippen LogP contribution < -0.4 is 0 Å². The number of aryl methyl sites for hydroxylation is 1. The predicted octanol–water partition coefficient (Wildman–Crippen LogP) is 2.83. The van der Waals surface area contributed by atoms with Gasteiger partial charge in [-0.05, 0) is 49.1 Å². The Bertz CT molecular complexity index is 815. The largest absolute Gasteiger partial charge is 0.507 e. The minimum Gasteiger partial charge on any atom is -0.507 e. The zero-order chi connectivity index (χ0) is 18.0. The highest BCUT2D eigenvalue weighted by Gasteiger charge is 2.27. The molecule has 2 aromatic carbocycles. The van der Waals surface area contributed by atoms with Crippen LogP contribution in [0.1, 0.15) is 34.0 Å². The maximum atomic E-state index is 12.6. The summed E-state index contributed by atoms with van der Waals surface area (Å²) in [6.45, 7) is 4.50. The molecule has 1 aliphatic heterocycles. The third-order valence-electron chi connectivity index (χ3n) is 4.45. The average molecular weight is 339 g/mol. The van der Waals surface area contributed by atoms with Crippen molar-refractivity contribution in [3.63, 3.8) is 0 Å². The van der Waals surface area contributed by atoms with Crippen molar-refractivity contribution in [3.05, 3.63) is 64.7 Å². The van der Waals surface area contributed by atoms with Crippen molar-refractivity contribution < 1.29 is 19.4 Å². The topological polar surface area (TPSA) is 66.8 Å². The van der Waals surface area contributed by atoms with Gasteiger partial charge in [0.25, 0.3) is 5.91 Å². The number of hydrogen-bond donors (Lipinski definition) is 1. The van der Waals surface area contributed by atoms with E-state index in [1.165, 1.54) is 17.7 Å². The Labute approximate surface area is 146 Å². The molecule has 0 unspecified atom stereocenters. The fourth-order valence-electron chi connectivity index (χ4n) is 3.03. The molecule has 5 nitrogen and oxygen atoms in total. The lowest BCUT2D eigenvalue weighted by molar-refractivity contribution is -0.140. The first-order chi connectivity index (χ1) is 12.0. The Hall–Kier alpha value is -2.82. The molecule has 0 bridgehead atoms. The van der Waals surface area contributed by atoms with E-state index in [9.17, 15) is 14.7 Å². The molecule has 0 radical (unpaired) electrons. The Balaban J connectivity index is 1.66. The molecule has 0 spiro atoms. The normalized spacial score (nSPS) is 14.6. The second-order valence-electron chi connectivity index (χ2n) is 6.35. The molecular formula is C20H21NO4. The van der Waals surface area contributed by atoms with Crippen LogP contribution in [0.4, 0.5) is 0 Å². The van der Waals surface area contributed by atoms with Crippen molar-refractivity contribution in [2.24, 2.45) is 0 Å². The Morgan fingerprint density at radius 3 is 2.60 bits per heavy atom. The van der Waals surface area contributed by atoms with Gasteiger partial charge < -0.3 is 14.7 Å². The fourth-order valence-corrected chi connectivity index (χ4v) is 3.03. The van der Waals surface area contributed by atoms with E-state index in [0.717, 1.165) is 17.5 Å². The lowest BCUT2D eigenvalue weighted by Gasteiger charge is -2.30. The zero-order valence-corrected chi connectivity index (χ0v) is 14.4. The van der Waals surface area contributed by atoms with E-state index in [1.54, 1.807) is 17.9 Å². The third kappa shape index (κ3) is 3.65. The number of carbonyl (C=O) groups excluding carboxylic acids is 2. The van der Waals surface area contributed by atoms with E-state index in [4.69, 9.17) is 4.74 Å². The maximum absolute atomic E-state index is 12.6. The summed E-state index contributed by atoms with van der Waals surface area (Å²) in [6, 6.07) is 12.7. The van der Waals surface area contributed by atoms with Crippen LogP contribution in [0.5, 0.6) is 5.75 Å². The molecule has 130 valence electrons. The number of benzene rings is 2. The van der Waals surface area contributed by atoms with E-state index >= 15 is 0 Å². The average Bonchev–Trinajstić information content (AvgIpc) is 2.60. The lowest BCUT2D eigenvalue weighted by atomic mass is 9.99. The number of hydrogen-bond acceptors (Lipinski definition) is 4. The number of aromatic hydroxyl groups is 1. The number of amides is 1. The van der Waals surface area contributed by atoms with Gasteiger partial charge >= 0.3 is 5.97 Å². The summed E-state index contributed by atoms with van der Waals surface area (Å²) in [5, 5.41) is 9.88. The van der Waals surface area contributed by atoms with Gasteiger partial charge in [-0.3, -0.25) is 4.79 Å². The standard InChI is InChI=1S/C20H21NO4/c1-13-7-8-17(18(22)11-13)20(24)25-14(2)19(23)21-10-9-15-5-3-4-6-16(15)12-21/h3-8,11,14,22H,9-10,12H2,1-2H3/t14-/m0/s1. The third-order valence-corrected chi connectivity index (χ3v) is 4.45. The van der Waals surface area contributed by atoms with Crippen LogP contribution in [0.15, 0.2) is 42.5 Å².